The van der Waals surface area contributed by atoms with Gasteiger partial charge in [0.05, 0.1) is 0 Å². The van der Waals surface area contributed by atoms with Crippen LogP contribution in [0.4, 0.5) is 0 Å². The Labute approximate surface area is 185 Å². The zero-order chi connectivity index (χ0) is 24.2. The van der Waals surface area contributed by atoms with Gasteiger partial charge >= 0.3 is 11.9 Å². The number of aliphatic carboxylic acids is 2. The molecule has 2 aromatic rings. The Kier molecular flexibility index (Phi) is 12.4. The molecule has 0 aliphatic rings. The van der Waals surface area contributed by atoms with Crippen molar-refractivity contribution < 1.29 is 30.0 Å². The van der Waals surface area contributed by atoms with Crippen molar-refractivity contribution in [1.29, 1.82) is 0 Å². The van der Waals surface area contributed by atoms with Crippen LogP contribution in [-0.2, 0) is 15.0 Å². The molecule has 0 heterocycles. The van der Waals surface area contributed by atoms with E-state index in [9.17, 15) is 30.0 Å². The van der Waals surface area contributed by atoms with E-state index < -0.39 is 29.6 Å². The molecule has 2 aromatic carbocycles. The summed E-state index contributed by atoms with van der Waals surface area (Å²) in [6.07, 6.45) is -3.96. The van der Waals surface area contributed by atoms with Crippen LogP contribution in [0.3, 0.4) is 0 Å². The summed E-state index contributed by atoms with van der Waals surface area (Å²) in [5, 5.41) is 38.7. The predicted molar refractivity (Wildman–Crippen MR) is 122 cm³/mol. The minimum Gasteiger partial charge on any atom is -0.479 e. The average molecular weight is 433 g/mol. The normalized spacial score (nSPS) is 12.4. The first-order valence-corrected chi connectivity index (χ1v) is 10.6. The number of hydrogen-bond donors (Lipinski definition) is 4. The van der Waals surface area contributed by atoms with E-state index in [0.29, 0.717) is 11.1 Å². The Balaban J connectivity index is 0.00000212. The van der Waals surface area contributed by atoms with Crippen LogP contribution in [0.2, 0.25) is 0 Å². The zero-order valence-electron chi connectivity index (χ0n) is 19.3. The molecule has 0 saturated heterocycles. The summed E-state index contributed by atoms with van der Waals surface area (Å²) in [6.45, 7) is 11.8. The molecule has 172 valence electrons. The molecule has 0 radical (unpaired) electrons. The van der Waals surface area contributed by atoms with Gasteiger partial charge in [0.2, 0.25) is 0 Å². The van der Waals surface area contributed by atoms with Crippen molar-refractivity contribution in [3.63, 3.8) is 0 Å². The lowest BCUT2D eigenvalue weighted by Crippen LogP contribution is -2.40. The molecule has 6 heteroatoms. The van der Waals surface area contributed by atoms with Crippen molar-refractivity contribution in [2.24, 2.45) is 0 Å². The standard InChI is InChI=1S/C21H24O6.2C2H6/c1-13-3-7-15(8-4-13)21(11-17(22)19(24)25,12-18(23)20(26)27)16-9-5-14(2)6-10-16;2*1-2/h3-10,17-18,22-23H,11-12H2,1-2H3,(H,24,25)(H,26,27);2*1-2H3. The van der Waals surface area contributed by atoms with Crippen LogP contribution in [-0.4, -0.2) is 44.6 Å². The largest absolute Gasteiger partial charge is 0.479 e. The number of carboxylic acids is 2. The molecule has 31 heavy (non-hydrogen) atoms. The highest BCUT2D eigenvalue weighted by molar-refractivity contribution is 5.73. The molecule has 2 unspecified atom stereocenters. The van der Waals surface area contributed by atoms with Crippen molar-refractivity contribution in [2.75, 3.05) is 0 Å². The quantitative estimate of drug-likeness (QED) is 0.494. The number of aliphatic hydroxyl groups excluding tert-OH is 2. The smallest absolute Gasteiger partial charge is 0.332 e. The van der Waals surface area contributed by atoms with Crippen LogP contribution in [0.5, 0.6) is 0 Å². The molecule has 6 nitrogen and oxygen atoms in total. The monoisotopic (exact) mass is 432 g/mol. The summed E-state index contributed by atoms with van der Waals surface area (Å²) < 4.78 is 0. The lowest BCUT2D eigenvalue weighted by molar-refractivity contribution is -0.149. The first-order valence-electron chi connectivity index (χ1n) is 10.6. The van der Waals surface area contributed by atoms with E-state index in [1.807, 2.05) is 65.8 Å². The highest BCUT2D eigenvalue weighted by atomic mass is 16.4. The second-order valence-electron chi connectivity index (χ2n) is 6.93. The maximum Gasteiger partial charge on any atom is 0.332 e. The number of aliphatic hydroxyl groups is 2. The van der Waals surface area contributed by atoms with E-state index in [1.54, 1.807) is 24.3 Å². The minimum absolute atomic E-state index is 0.265. The van der Waals surface area contributed by atoms with Crippen molar-refractivity contribution in [3.05, 3.63) is 70.8 Å². The third-order valence-electron chi connectivity index (χ3n) is 4.86. The third kappa shape index (κ3) is 7.81. The second-order valence-corrected chi connectivity index (χ2v) is 6.93. The molecule has 0 amide bonds. The van der Waals surface area contributed by atoms with Crippen LogP contribution in [0.15, 0.2) is 48.5 Å². The van der Waals surface area contributed by atoms with Gasteiger partial charge in [0, 0.05) is 5.41 Å². The van der Waals surface area contributed by atoms with Gasteiger partial charge in [-0.1, -0.05) is 87.4 Å². The molecule has 0 saturated carbocycles. The SMILES string of the molecule is CC.CC.Cc1ccc(C(CC(O)C(=O)O)(CC(O)C(=O)O)c2ccc(C)cc2)cc1. The van der Waals surface area contributed by atoms with E-state index in [-0.39, 0.29) is 12.8 Å². The number of carbonyl (C=O) groups is 2. The average Bonchev–Trinajstić information content (AvgIpc) is 2.76. The first kappa shape index (κ1) is 28.3. The summed E-state index contributed by atoms with van der Waals surface area (Å²) >= 11 is 0. The van der Waals surface area contributed by atoms with E-state index in [0.717, 1.165) is 11.1 Å². The third-order valence-corrected chi connectivity index (χ3v) is 4.86. The molecule has 0 bridgehead atoms. The van der Waals surface area contributed by atoms with Gasteiger partial charge in [0.15, 0.2) is 12.2 Å². The van der Waals surface area contributed by atoms with Crippen LogP contribution in [0.25, 0.3) is 0 Å². The van der Waals surface area contributed by atoms with Gasteiger partial charge in [-0.05, 0) is 37.8 Å². The van der Waals surface area contributed by atoms with Crippen LogP contribution in [0.1, 0.15) is 62.8 Å². The number of aryl methyl sites for hydroxylation is 2. The molecule has 0 aliphatic heterocycles. The highest BCUT2D eigenvalue weighted by Crippen LogP contribution is 2.41. The van der Waals surface area contributed by atoms with E-state index in [4.69, 9.17) is 0 Å². The Bertz CT molecular complexity index is 726. The fraction of sp³-hybridized carbons (Fsp3) is 0.440. The number of carboxylic acid groups (broad SMARTS) is 2. The Hall–Kier alpha value is -2.70. The van der Waals surface area contributed by atoms with Crippen molar-refractivity contribution in [1.82, 2.24) is 0 Å². The lowest BCUT2D eigenvalue weighted by Gasteiger charge is -2.37. The fourth-order valence-electron chi connectivity index (χ4n) is 3.30. The molecular formula is C25H36O6. The topological polar surface area (TPSA) is 115 Å². The lowest BCUT2D eigenvalue weighted by atomic mass is 9.67. The molecular weight excluding hydrogens is 396 g/mol. The van der Waals surface area contributed by atoms with Gasteiger partial charge < -0.3 is 20.4 Å². The Morgan fingerprint density at radius 2 is 0.935 bits per heavy atom. The van der Waals surface area contributed by atoms with Crippen LogP contribution < -0.4 is 0 Å². The number of hydrogen-bond acceptors (Lipinski definition) is 4. The van der Waals surface area contributed by atoms with Crippen LogP contribution in [0, 0.1) is 13.8 Å². The first-order chi connectivity index (χ1) is 14.7. The van der Waals surface area contributed by atoms with Gasteiger partial charge in [0.25, 0.3) is 0 Å². The fourth-order valence-corrected chi connectivity index (χ4v) is 3.30. The maximum absolute atomic E-state index is 11.3. The number of benzene rings is 2. The molecule has 2 rings (SSSR count). The van der Waals surface area contributed by atoms with Crippen molar-refractivity contribution >= 4 is 11.9 Å². The van der Waals surface area contributed by atoms with Gasteiger partial charge in [-0.2, -0.15) is 0 Å². The molecule has 2 atom stereocenters. The molecule has 0 aromatic heterocycles. The van der Waals surface area contributed by atoms with E-state index >= 15 is 0 Å². The molecule has 0 aliphatic carbocycles. The second kappa shape index (κ2) is 13.6. The predicted octanol–water partition coefficient (Wildman–Crippen LogP) is 4.31. The van der Waals surface area contributed by atoms with E-state index in [1.165, 1.54) is 0 Å². The van der Waals surface area contributed by atoms with Crippen molar-refractivity contribution in [2.45, 2.75) is 72.0 Å². The molecule has 0 fully saturated rings. The van der Waals surface area contributed by atoms with E-state index in [2.05, 4.69) is 0 Å². The number of rotatable bonds is 8. The van der Waals surface area contributed by atoms with Crippen LogP contribution >= 0.6 is 0 Å². The molecule has 4 N–H and O–H groups in total. The summed E-state index contributed by atoms with van der Waals surface area (Å²) in [5.41, 5.74) is 2.05. The van der Waals surface area contributed by atoms with Crippen molar-refractivity contribution in [3.8, 4) is 0 Å². The summed E-state index contributed by atoms with van der Waals surface area (Å²) in [4.78, 5) is 22.7. The Morgan fingerprint density at radius 3 is 1.16 bits per heavy atom. The maximum atomic E-state index is 11.3. The van der Waals surface area contributed by atoms with Gasteiger partial charge in [0.1, 0.15) is 0 Å². The summed E-state index contributed by atoms with van der Waals surface area (Å²) in [6, 6.07) is 14.4. The summed E-state index contributed by atoms with van der Waals surface area (Å²) in [5.74, 6) is -2.80. The van der Waals surface area contributed by atoms with Gasteiger partial charge in [-0.15, -0.1) is 0 Å². The highest BCUT2D eigenvalue weighted by Gasteiger charge is 2.41. The molecule has 0 spiro atoms. The van der Waals surface area contributed by atoms with Gasteiger partial charge in [-0.3, -0.25) is 0 Å². The minimum atomic E-state index is -1.71. The Morgan fingerprint density at radius 1 is 0.677 bits per heavy atom. The zero-order valence-corrected chi connectivity index (χ0v) is 19.3. The van der Waals surface area contributed by atoms with Gasteiger partial charge in [-0.25, -0.2) is 9.59 Å². The summed E-state index contributed by atoms with van der Waals surface area (Å²) in [7, 11) is 0.